The molecule has 2 N–H and O–H groups in total. The molecule has 0 atom stereocenters. The van der Waals surface area contributed by atoms with E-state index in [4.69, 9.17) is 0 Å². The highest BCUT2D eigenvalue weighted by atomic mass is 16.6. The Balaban J connectivity index is 1.95. The molecule has 1 aliphatic rings. The summed E-state index contributed by atoms with van der Waals surface area (Å²) in [4.78, 5) is 21.9. The molecule has 1 amide bonds. The minimum atomic E-state index is -0.606. The number of carbonyl (C=O) groups is 1. The van der Waals surface area contributed by atoms with Crippen LogP contribution >= 0.6 is 0 Å². The number of aliphatic hydroxyl groups excluding tert-OH is 1. The van der Waals surface area contributed by atoms with E-state index >= 15 is 0 Å². The highest BCUT2D eigenvalue weighted by molar-refractivity contribution is 5.76. The lowest BCUT2D eigenvalue weighted by atomic mass is 9.82. The summed E-state index contributed by atoms with van der Waals surface area (Å²) in [5.41, 5.74) is -0.547. The third kappa shape index (κ3) is 3.32. The summed E-state index contributed by atoms with van der Waals surface area (Å²) in [6, 6.07) is 1.25. The number of nitro groups is 1. The third-order valence-corrected chi connectivity index (χ3v) is 3.64. The minimum Gasteiger partial charge on any atom is -0.394 e. The molecule has 0 aliphatic heterocycles. The van der Waals surface area contributed by atoms with E-state index in [0.29, 0.717) is 0 Å². The van der Waals surface area contributed by atoms with Crippen molar-refractivity contribution >= 4 is 11.7 Å². The Morgan fingerprint density at radius 3 is 2.75 bits per heavy atom. The van der Waals surface area contributed by atoms with Crippen LogP contribution in [0.1, 0.15) is 32.1 Å². The van der Waals surface area contributed by atoms with Crippen LogP contribution in [-0.2, 0) is 11.3 Å². The van der Waals surface area contributed by atoms with Crippen LogP contribution in [0.5, 0.6) is 0 Å². The van der Waals surface area contributed by atoms with Gasteiger partial charge in [0.15, 0.2) is 0 Å². The van der Waals surface area contributed by atoms with Crippen LogP contribution in [-0.4, -0.2) is 37.9 Å². The first-order chi connectivity index (χ1) is 9.54. The molecule has 8 nitrogen and oxygen atoms in total. The Hall–Kier alpha value is -1.96. The Morgan fingerprint density at radius 2 is 2.20 bits per heavy atom. The lowest BCUT2D eigenvalue weighted by Crippen LogP contribution is -2.53. The Labute approximate surface area is 115 Å². The highest BCUT2D eigenvalue weighted by Gasteiger charge is 2.33. The van der Waals surface area contributed by atoms with Gasteiger partial charge < -0.3 is 20.5 Å². The second-order valence-electron chi connectivity index (χ2n) is 5.18. The maximum atomic E-state index is 12.0. The van der Waals surface area contributed by atoms with Gasteiger partial charge in [0, 0.05) is 0 Å². The maximum absolute atomic E-state index is 12.0. The fourth-order valence-corrected chi connectivity index (χ4v) is 2.57. The molecule has 110 valence electrons. The molecule has 0 spiro atoms. The summed E-state index contributed by atoms with van der Waals surface area (Å²) in [5, 5.41) is 26.6. The molecular weight excluding hydrogens is 264 g/mol. The Kier molecular flexibility index (Phi) is 4.33. The Bertz CT molecular complexity index is 493. The first kappa shape index (κ1) is 14.4. The molecule has 1 saturated carbocycles. The standard InChI is InChI=1S/C12H18N4O4/c17-9-12(5-2-1-3-6-12)13-11(18)8-15-7-4-10(14-15)16(19)20/h4,7,17H,1-3,5-6,8-9H2,(H,13,18). The number of rotatable bonds is 5. The molecule has 1 aliphatic carbocycles. The molecule has 1 aromatic rings. The van der Waals surface area contributed by atoms with Gasteiger partial charge in [-0.25, -0.2) is 0 Å². The summed E-state index contributed by atoms with van der Waals surface area (Å²) in [5.74, 6) is -0.578. The van der Waals surface area contributed by atoms with Crippen molar-refractivity contribution in [3.63, 3.8) is 0 Å². The lowest BCUT2D eigenvalue weighted by Gasteiger charge is -2.36. The average molecular weight is 282 g/mol. The van der Waals surface area contributed by atoms with Crippen molar-refractivity contribution in [2.24, 2.45) is 0 Å². The number of hydrogen-bond acceptors (Lipinski definition) is 5. The van der Waals surface area contributed by atoms with Crippen molar-refractivity contribution in [3.05, 3.63) is 22.4 Å². The van der Waals surface area contributed by atoms with Gasteiger partial charge in [-0.2, -0.15) is 4.68 Å². The first-order valence-corrected chi connectivity index (χ1v) is 6.64. The van der Waals surface area contributed by atoms with Crippen molar-refractivity contribution in [2.75, 3.05) is 6.61 Å². The fourth-order valence-electron chi connectivity index (χ4n) is 2.57. The fraction of sp³-hybridized carbons (Fsp3) is 0.667. The van der Waals surface area contributed by atoms with Gasteiger partial charge in [0.1, 0.15) is 6.54 Å². The number of carbonyl (C=O) groups excluding carboxylic acids is 1. The predicted octanol–water partition coefficient (Wildman–Crippen LogP) is 0.603. The SMILES string of the molecule is O=C(Cn1ccc([N+](=O)[O-])n1)NC1(CO)CCCCC1. The molecule has 1 fully saturated rings. The summed E-state index contributed by atoms with van der Waals surface area (Å²) < 4.78 is 1.22. The van der Waals surface area contributed by atoms with Crippen molar-refractivity contribution in [1.29, 1.82) is 0 Å². The molecule has 0 aromatic carbocycles. The number of aromatic nitrogens is 2. The van der Waals surface area contributed by atoms with Gasteiger partial charge in [-0.05, 0) is 17.8 Å². The lowest BCUT2D eigenvalue weighted by molar-refractivity contribution is -0.389. The molecule has 0 bridgehead atoms. The van der Waals surface area contributed by atoms with E-state index in [2.05, 4.69) is 10.4 Å². The molecule has 2 rings (SSSR count). The third-order valence-electron chi connectivity index (χ3n) is 3.64. The smallest absolute Gasteiger partial charge is 0.389 e. The normalized spacial score (nSPS) is 17.6. The van der Waals surface area contributed by atoms with Crippen LogP contribution < -0.4 is 5.32 Å². The summed E-state index contributed by atoms with van der Waals surface area (Å²) in [6.07, 6.45) is 5.98. The van der Waals surface area contributed by atoms with Gasteiger partial charge in [-0.3, -0.25) is 4.79 Å². The number of nitrogens with zero attached hydrogens (tertiary/aromatic N) is 3. The van der Waals surface area contributed by atoms with Gasteiger partial charge in [0.2, 0.25) is 5.91 Å². The zero-order chi connectivity index (χ0) is 14.6. The van der Waals surface area contributed by atoms with Crippen LogP contribution in [0.4, 0.5) is 5.82 Å². The van der Waals surface area contributed by atoms with Crippen LogP contribution in [0, 0.1) is 10.1 Å². The zero-order valence-corrected chi connectivity index (χ0v) is 11.1. The number of nitrogens with one attached hydrogen (secondary N) is 1. The summed E-state index contributed by atoms with van der Waals surface area (Å²) in [7, 11) is 0. The van der Waals surface area contributed by atoms with E-state index in [1.807, 2.05) is 0 Å². The topological polar surface area (TPSA) is 110 Å². The van der Waals surface area contributed by atoms with Gasteiger partial charge in [0.05, 0.1) is 29.5 Å². The summed E-state index contributed by atoms with van der Waals surface area (Å²) >= 11 is 0. The second kappa shape index (κ2) is 6.00. The number of aliphatic hydroxyl groups is 1. The first-order valence-electron chi connectivity index (χ1n) is 6.64. The maximum Gasteiger partial charge on any atom is 0.389 e. The van der Waals surface area contributed by atoms with Gasteiger partial charge >= 0.3 is 5.82 Å². The monoisotopic (exact) mass is 282 g/mol. The van der Waals surface area contributed by atoms with E-state index in [1.165, 1.54) is 16.9 Å². The van der Waals surface area contributed by atoms with E-state index in [1.54, 1.807) is 0 Å². The van der Waals surface area contributed by atoms with Crippen molar-refractivity contribution < 1.29 is 14.8 Å². The quantitative estimate of drug-likeness (QED) is 0.607. The Morgan fingerprint density at radius 1 is 1.50 bits per heavy atom. The van der Waals surface area contributed by atoms with Gasteiger partial charge in [0.25, 0.3) is 0 Å². The van der Waals surface area contributed by atoms with Crippen molar-refractivity contribution in [1.82, 2.24) is 15.1 Å². The van der Waals surface area contributed by atoms with Gasteiger partial charge in [-0.15, -0.1) is 0 Å². The number of hydrogen-bond donors (Lipinski definition) is 2. The molecule has 1 heterocycles. The van der Waals surface area contributed by atoms with E-state index < -0.39 is 10.5 Å². The molecular formula is C12H18N4O4. The molecule has 0 radical (unpaired) electrons. The molecule has 0 unspecified atom stereocenters. The van der Waals surface area contributed by atoms with Crippen LogP contribution in [0.2, 0.25) is 0 Å². The minimum absolute atomic E-state index is 0.0853. The predicted molar refractivity (Wildman–Crippen MR) is 69.9 cm³/mol. The van der Waals surface area contributed by atoms with Gasteiger partial charge in [-0.1, -0.05) is 19.3 Å². The molecule has 20 heavy (non-hydrogen) atoms. The van der Waals surface area contributed by atoms with E-state index in [0.717, 1.165) is 32.1 Å². The second-order valence-corrected chi connectivity index (χ2v) is 5.18. The van der Waals surface area contributed by atoms with Crippen molar-refractivity contribution in [2.45, 2.75) is 44.2 Å². The zero-order valence-electron chi connectivity index (χ0n) is 11.1. The van der Waals surface area contributed by atoms with E-state index in [-0.39, 0.29) is 24.9 Å². The number of amides is 1. The molecule has 1 aromatic heterocycles. The van der Waals surface area contributed by atoms with Crippen LogP contribution in [0.3, 0.4) is 0 Å². The molecule has 8 heteroatoms. The van der Waals surface area contributed by atoms with E-state index in [9.17, 15) is 20.0 Å². The largest absolute Gasteiger partial charge is 0.394 e. The van der Waals surface area contributed by atoms with Crippen LogP contribution in [0.25, 0.3) is 0 Å². The highest BCUT2D eigenvalue weighted by Crippen LogP contribution is 2.27. The molecule has 0 saturated heterocycles. The average Bonchev–Trinajstić information content (AvgIpc) is 2.88. The summed E-state index contributed by atoms with van der Waals surface area (Å²) in [6.45, 7) is -0.173. The van der Waals surface area contributed by atoms with Crippen molar-refractivity contribution in [3.8, 4) is 0 Å². The van der Waals surface area contributed by atoms with Crippen LogP contribution in [0.15, 0.2) is 12.3 Å².